The number of carbonyl (C=O) groups is 5. The Hall–Kier alpha value is -3.83. The first-order valence-electron chi connectivity index (χ1n) is 11.5. The van der Waals surface area contributed by atoms with Gasteiger partial charge in [0, 0.05) is 17.1 Å². The van der Waals surface area contributed by atoms with E-state index < -0.39 is 41.2 Å². The summed E-state index contributed by atoms with van der Waals surface area (Å²) in [6.07, 6.45) is 0.101. The molecule has 0 aliphatic carbocycles. The molecule has 1 atom stereocenters. The number of aryl methyl sites for hydroxylation is 1. The molecular weight excluding hydrogens is 518 g/mol. The van der Waals surface area contributed by atoms with Crippen LogP contribution >= 0.6 is 22.9 Å². The first-order chi connectivity index (χ1) is 17.4. The maximum Gasteiger partial charge on any atom is 0.319 e. The fourth-order valence-corrected chi connectivity index (χ4v) is 5.64. The number of imide groups is 2. The molecule has 190 valence electrons. The highest BCUT2D eigenvalue weighted by Crippen LogP contribution is 2.33. The molecule has 3 N–H and O–H groups in total. The number of aromatic nitrogens is 1. The molecule has 0 radical (unpaired) electrons. The van der Waals surface area contributed by atoms with Crippen molar-refractivity contribution < 1.29 is 24.0 Å². The van der Waals surface area contributed by atoms with Gasteiger partial charge < -0.3 is 10.6 Å². The van der Waals surface area contributed by atoms with Crippen LogP contribution in [0.15, 0.2) is 30.3 Å². The van der Waals surface area contributed by atoms with Crippen molar-refractivity contribution in [1.29, 1.82) is 0 Å². The van der Waals surface area contributed by atoms with Gasteiger partial charge in [-0.25, -0.2) is 9.78 Å². The first kappa shape index (κ1) is 24.8. The summed E-state index contributed by atoms with van der Waals surface area (Å²) in [6, 6.07) is 6.50. The number of amides is 6. The Morgan fingerprint density at radius 2 is 1.86 bits per heavy atom. The zero-order chi connectivity index (χ0) is 26.6. The quantitative estimate of drug-likeness (QED) is 0.432. The molecule has 12 heteroatoms. The summed E-state index contributed by atoms with van der Waals surface area (Å²) < 4.78 is 0.906. The fraction of sp³-hybridized carbons (Fsp3) is 0.280. The molecule has 0 saturated carbocycles. The molecule has 0 bridgehead atoms. The lowest BCUT2D eigenvalue weighted by Gasteiger charge is -2.27. The Bertz CT molecular complexity index is 1490. The molecule has 2 aromatic carbocycles. The third kappa shape index (κ3) is 4.44. The monoisotopic (exact) mass is 539 g/mol. The summed E-state index contributed by atoms with van der Waals surface area (Å²) >= 11 is 7.66. The second-order valence-corrected chi connectivity index (χ2v) is 10.9. The number of halogens is 1. The summed E-state index contributed by atoms with van der Waals surface area (Å²) in [6.45, 7) is 5.54. The van der Waals surface area contributed by atoms with Gasteiger partial charge in [0.05, 0.1) is 26.9 Å². The number of hydrogen-bond acceptors (Lipinski definition) is 7. The summed E-state index contributed by atoms with van der Waals surface area (Å²) in [5.74, 6) is -2.39. The minimum Gasteiger partial charge on any atom is -0.326 e. The number of nitrogens with zero attached hydrogens (tertiary/aromatic N) is 2. The predicted molar refractivity (Wildman–Crippen MR) is 138 cm³/mol. The number of carbonyl (C=O) groups excluding carboxylic acids is 5. The van der Waals surface area contributed by atoms with E-state index in [0.29, 0.717) is 15.7 Å². The lowest BCUT2D eigenvalue weighted by atomic mass is 10.0. The third-order valence-electron chi connectivity index (χ3n) is 6.33. The molecule has 2 aliphatic rings. The van der Waals surface area contributed by atoms with Gasteiger partial charge in [-0.1, -0.05) is 11.6 Å². The Morgan fingerprint density at radius 3 is 2.59 bits per heavy atom. The van der Waals surface area contributed by atoms with Crippen molar-refractivity contribution in [3.8, 4) is 0 Å². The van der Waals surface area contributed by atoms with Crippen molar-refractivity contribution in [2.75, 3.05) is 5.32 Å². The Morgan fingerprint density at radius 1 is 1.14 bits per heavy atom. The van der Waals surface area contributed by atoms with E-state index in [2.05, 4.69) is 20.9 Å². The molecular formula is C25H22ClN5O5S. The van der Waals surface area contributed by atoms with Crippen LogP contribution in [0.25, 0.3) is 10.2 Å². The number of nitrogens with one attached hydrogen (secondary N) is 3. The first-order valence-corrected chi connectivity index (χ1v) is 12.7. The maximum atomic E-state index is 13.0. The fourth-order valence-electron chi connectivity index (χ4n) is 4.37. The van der Waals surface area contributed by atoms with E-state index in [9.17, 15) is 24.0 Å². The van der Waals surface area contributed by atoms with Crippen LogP contribution in [0.4, 0.5) is 10.5 Å². The molecule has 3 aromatic rings. The highest BCUT2D eigenvalue weighted by atomic mass is 35.5. The standard InChI is InChI=1S/C25H22ClN5O5S/c1-11-8-16-18(10-15(11)26)37-23(28-16)25(2,3)30-24(36)27-12-4-5-13-14(9-12)22(35)31(21(13)34)17-6-7-19(32)29-20(17)33/h4-5,8-10,17H,6-7H2,1-3H3,(H2,27,30,36)(H,29,32,33). The molecule has 5 rings (SSSR count). The normalized spacial score (nSPS) is 17.7. The second kappa shape index (κ2) is 8.93. The number of urea groups is 1. The van der Waals surface area contributed by atoms with Crippen molar-refractivity contribution >= 4 is 68.5 Å². The maximum absolute atomic E-state index is 13.0. The number of benzene rings is 2. The van der Waals surface area contributed by atoms with E-state index >= 15 is 0 Å². The van der Waals surface area contributed by atoms with Crippen molar-refractivity contribution in [3.63, 3.8) is 0 Å². The topological polar surface area (TPSA) is 138 Å². The predicted octanol–water partition coefficient (Wildman–Crippen LogP) is 3.72. The molecule has 1 aromatic heterocycles. The van der Waals surface area contributed by atoms with Gasteiger partial charge >= 0.3 is 6.03 Å². The third-order valence-corrected chi connectivity index (χ3v) is 8.08. The smallest absolute Gasteiger partial charge is 0.319 e. The lowest BCUT2D eigenvalue weighted by molar-refractivity contribution is -0.136. The second-order valence-electron chi connectivity index (χ2n) is 9.50. The number of anilines is 1. The summed E-state index contributed by atoms with van der Waals surface area (Å²) in [5, 5.41) is 9.08. The van der Waals surface area contributed by atoms with Crippen molar-refractivity contribution in [3.05, 3.63) is 57.1 Å². The van der Waals surface area contributed by atoms with Gasteiger partial charge in [0.2, 0.25) is 11.8 Å². The molecule has 0 spiro atoms. The highest BCUT2D eigenvalue weighted by Gasteiger charge is 2.44. The summed E-state index contributed by atoms with van der Waals surface area (Å²) in [7, 11) is 0. The molecule has 6 amide bonds. The van der Waals surface area contributed by atoms with Gasteiger partial charge in [-0.15, -0.1) is 11.3 Å². The van der Waals surface area contributed by atoms with Gasteiger partial charge in [0.25, 0.3) is 11.8 Å². The Balaban J connectivity index is 1.31. The van der Waals surface area contributed by atoms with E-state index in [1.807, 2.05) is 32.9 Å². The average Bonchev–Trinajstić information content (AvgIpc) is 3.33. The number of thiazole rings is 1. The lowest BCUT2D eigenvalue weighted by Crippen LogP contribution is -2.54. The molecule has 10 nitrogen and oxygen atoms in total. The largest absolute Gasteiger partial charge is 0.326 e. The number of hydrogen-bond donors (Lipinski definition) is 3. The average molecular weight is 540 g/mol. The molecule has 1 saturated heterocycles. The van der Waals surface area contributed by atoms with Crippen LogP contribution in [-0.4, -0.2) is 45.6 Å². The molecule has 2 aliphatic heterocycles. The van der Waals surface area contributed by atoms with Gasteiger partial charge in [-0.2, -0.15) is 0 Å². The van der Waals surface area contributed by atoms with E-state index in [-0.39, 0.29) is 24.0 Å². The molecule has 1 fully saturated rings. The van der Waals surface area contributed by atoms with Crippen LogP contribution in [0.2, 0.25) is 5.02 Å². The van der Waals surface area contributed by atoms with Gasteiger partial charge in [-0.05, 0) is 63.1 Å². The minimum absolute atomic E-state index is 0.0356. The van der Waals surface area contributed by atoms with Gasteiger partial charge in [0.15, 0.2) is 0 Å². The number of rotatable bonds is 4. The Kier molecular flexibility index (Phi) is 5.99. The van der Waals surface area contributed by atoms with Crippen LogP contribution < -0.4 is 16.0 Å². The summed E-state index contributed by atoms with van der Waals surface area (Å²) in [5.41, 5.74) is 1.38. The van der Waals surface area contributed by atoms with Crippen LogP contribution in [0.5, 0.6) is 0 Å². The van der Waals surface area contributed by atoms with Crippen molar-refractivity contribution in [1.82, 2.24) is 20.5 Å². The van der Waals surface area contributed by atoms with Crippen LogP contribution in [0.3, 0.4) is 0 Å². The Labute approximate surface area is 220 Å². The van der Waals surface area contributed by atoms with Crippen LogP contribution in [0.1, 0.15) is 58.0 Å². The zero-order valence-corrected chi connectivity index (χ0v) is 21.7. The van der Waals surface area contributed by atoms with Crippen molar-refractivity contribution in [2.24, 2.45) is 0 Å². The van der Waals surface area contributed by atoms with E-state index in [4.69, 9.17) is 11.6 Å². The van der Waals surface area contributed by atoms with Gasteiger partial charge in [0.1, 0.15) is 11.0 Å². The number of piperidine rings is 1. The highest BCUT2D eigenvalue weighted by molar-refractivity contribution is 7.18. The summed E-state index contributed by atoms with van der Waals surface area (Å²) in [4.78, 5) is 67.9. The zero-order valence-electron chi connectivity index (χ0n) is 20.1. The van der Waals surface area contributed by atoms with Crippen LogP contribution in [0, 0.1) is 6.92 Å². The van der Waals surface area contributed by atoms with Gasteiger partial charge in [-0.3, -0.25) is 29.4 Å². The van der Waals surface area contributed by atoms with E-state index in [1.54, 1.807) is 0 Å². The number of fused-ring (bicyclic) bond motifs is 2. The molecule has 3 heterocycles. The molecule has 1 unspecified atom stereocenters. The van der Waals surface area contributed by atoms with E-state index in [1.165, 1.54) is 29.5 Å². The SMILES string of the molecule is Cc1cc2nc(C(C)(C)NC(=O)Nc3ccc4c(c3)C(=O)N(C3CCC(=O)NC3=O)C4=O)sc2cc1Cl. The minimum atomic E-state index is -1.06. The van der Waals surface area contributed by atoms with Crippen molar-refractivity contribution in [2.45, 2.75) is 45.2 Å². The van der Waals surface area contributed by atoms with E-state index in [0.717, 1.165) is 20.7 Å². The molecule has 37 heavy (non-hydrogen) atoms. The van der Waals surface area contributed by atoms with Crippen LogP contribution in [-0.2, 0) is 15.1 Å².